The molecule has 0 N–H and O–H groups in total. The molecule has 1 heterocycles. The van der Waals surface area contributed by atoms with Crippen molar-refractivity contribution in [1.82, 2.24) is 4.31 Å². The number of piperazine rings is 1. The Morgan fingerprint density at radius 1 is 1.00 bits per heavy atom. The van der Waals surface area contributed by atoms with Crippen LogP contribution in [-0.2, 0) is 10.0 Å². The minimum Gasteiger partial charge on any atom is -0.369 e. The Bertz CT molecular complexity index is 918. The maximum atomic E-state index is 12.9. The highest BCUT2D eigenvalue weighted by Gasteiger charge is 2.29. The molecule has 0 atom stereocenters. The van der Waals surface area contributed by atoms with Gasteiger partial charge in [-0.05, 0) is 61.9 Å². The van der Waals surface area contributed by atoms with Crippen LogP contribution in [0.15, 0.2) is 47.4 Å². The zero-order chi connectivity index (χ0) is 18.9. The molecule has 0 aromatic heterocycles. The molecule has 1 aliphatic heterocycles. The lowest BCUT2D eigenvalue weighted by Gasteiger charge is -2.35. The van der Waals surface area contributed by atoms with Crippen molar-refractivity contribution in [2.75, 3.05) is 31.1 Å². The number of ketones is 1. The zero-order valence-electron chi connectivity index (χ0n) is 14.8. The summed E-state index contributed by atoms with van der Waals surface area (Å²) in [5.41, 5.74) is 2.32. The molecule has 0 bridgehead atoms. The number of anilines is 1. The third kappa shape index (κ3) is 3.77. The lowest BCUT2D eigenvalue weighted by molar-refractivity contribution is 0.101. The molecule has 2 aromatic rings. The Labute approximate surface area is 159 Å². The van der Waals surface area contributed by atoms with E-state index in [9.17, 15) is 13.2 Å². The average molecular weight is 393 g/mol. The number of aryl methyl sites for hydroxylation is 1. The fraction of sp³-hybridized carbons (Fsp3) is 0.316. The molecule has 2 aromatic carbocycles. The van der Waals surface area contributed by atoms with E-state index in [0.29, 0.717) is 47.2 Å². The van der Waals surface area contributed by atoms with Gasteiger partial charge in [0.2, 0.25) is 10.0 Å². The predicted octanol–water partition coefficient (Wildman–Crippen LogP) is 3.36. The topological polar surface area (TPSA) is 57.7 Å². The molecule has 0 radical (unpaired) electrons. The largest absolute Gasteiger partial charge is 0.369 e. The van der Waals surface area contributed by atoms with Gasteiger partial charge >= 0.3 is 0 Å². The Morgan fingerprint density at radius 3 is 2.15 bits per heavy atom. The maximum absolute atomic E-state index is 12.9. The SMILES string of the molecule is CC(=O)c1ccc(N2CCN(S(=O)(=O)c3ccc(Cl)cc3C)CC2)cc1. The van der Waals surface area contributed by atoms with Crippen molar-refractivity contribution < 1.29 is 13.2 Å². The Morgan fingerprint density at radius 2 is 1.62 bits per heavy atom. The number of carbonyl (C=O) groups excluding carboxylic acids is 1. The molecule has 7 heteroatoms. The van der Waals surface area contributed by atoms with Gasteiger partial charge in [-0.15, -0.1) is 0 Å². The van der Waals surface area contributed by atoms with E-state index in [0.717, 1.165) is 5.69 Å². The van der Waals surface area contributed by atoms with E-state index in [-0.39, 0.29) is 5.78 Å². The first-order valence-electron chi connectivity index (χ1n) is 8.41. The Hall–Kier alpha value is -1.89. The first-order chi connectivity index (χ1) is 12.3. The quantitative estimate of drug-likeness (QED) is 0.748. The van der Waals surface area contributed by atoms with Gasteiger partial charge < -0.3 is 4.90 Å². The number of sulfonamides is 1. The molecule has 26 heavy (non-hydrogen) atoms. The summed E-state index contributed by atoms with van der Waals surface area (Å²) >= 11 is 5.93. The van der Waals surface area contributed by atoms with Crippen molar-refractivity contribution in [3.8, 4) is 0 Å². The Balaban J connectivity index is 1.72. The van der Waals surface area contributed by atoms with Crippen molar-refractivity contribution in [2.24, 2.45) is 0 Å². The minimum absolute atomic E-state index is 0.0331. The first-order valence-corrected chi connectivity index (χ1v) is 10.2. The van der Waals surface area contributed by atoms with Gasteiger partial charge in [0.15, 0.2) is 5.78 Å². The van der Waals surface area contributed by atoms with Gasteiger partial charge in [0.05, 0.1) is 4.90 Å². The smallest absolute Gasteiger partial charge is 0.243 e. The van der Waals surface area contributed by atoms with Gasteiger partial charge in [0.25, 0.3) is 0 Å². The van der Waals surface area contributed by atoms with Crippen LogP contribution in [0, 0.1) is 6.92 Å². The average Bonchev–Trinajstić information content (AvgIpc) is 2.61. The standard InChI is InChI=1S/C19H21ClN2O3S/c1-14-13-17(20)5-8-19(14)26(24,25)22-11-9-21(10-12-22)18-6-3-16(4-7-18)15(2)23/h3-8,13H,9-12H2,1-2H3. The summed E-state index contributed by atoms with van der Waals surface area (Å²) in [6, 6.07) is 12.3. The van der Waals surface area contributed by atoms with Crippen molar-refractivity contribution in [3.05, 3.63) is 58.6 Å². The molecule has 0 spiro atoms. The van der Waals surface area contributed by atoms with Crippen molar-refractivity contribution in [1.29, 1.82) is 0 Å². The number of carbonyl (C=O) groups is 1. The monoisotopic (exact) mass is 392 g/mol. The number of rotatable bonds is 4. The highest BCUT2D eigenvalue weighted by molar-refractivity contribution is 7.89. The molecule has 0 saturated carbocycles. The lowest BCUT2D eigenvalue weighted by atomic mass is 10.1. The first kappa shape index (κ1) is 18.9. The molecular weight excluding hydrogens is 372 g/mol. The van der Waals surface area contributed by atoms with Crippen LogP contribution in [0.2, 0.25) is 5.02 Å². The van der Waals surface area contributed by atoms with Crippen molar-refractivity contribution >= 4 is 33.1 Å². The number of hydrogen-bond donors (Lipinski definition) is 0. The Kier molecular flexibility index (Phi) is 5.37. The molecule has 0 unspecified atom stereocenters. The number of Topliss-reactive ketones (excluding diaryl/α,β-unsaturated/α-hetero) is 1. The molecule has 1 saturated heterocycles. The summed E-state index contributed by atoms with van der Waals surface area (Å²) < 4.78 is 27.3. The van der Waals surface area contributed by atoms with Crippen LogP contribution in [0.1, 0.15) is 22.8 Å². The summed E-state index contributed by atoms with van der Waals surface area (Å²) in [4.78, 5) is 13.8. The summed E-state index contributed by atoms with van der Waals surface area (Å²) in [6.45, 7) is 5.33. The van der Waals surface area contributed by atoms with E-state index in [2.05, 4.69) is 4.90 Å². The van der Waals surface area contributed by atoms with E-state index < -0.39 is 10.0 Å². The molecule has 3 rings (SSSR count). The highest BCUT2D eigenvalue weighted by Crippen LogP contribution is 2.25. The second-order valence-corrected chi connectivity index (χ2v) is 8.75. The second kappa shape index (κ2) is 7.39. The van der Waals surface area contributed by atoms with Crippen LogP contribution < -0.4 is 4.90 Å². The van der Waals surface area contributed by atoms with Gasteiger partial charge in [-0.1, -0.05) is 11.6 Å². The third-order valence-electron chi connectivity index (χ3n) is 4.63. The van der Waals surface area contributed by atoms with Crippen molar-refractivity contribution in [3.63, 3.8) is 0 Å². The fourth-order valence-corrected chi connectivity index (χ4v) is 4.99. The fourth-order valence-electron chi connectivity index (χ4n) is 3.13. The number of halogens is 1. The highest BCUT2D eigenvalue weighted by atomic mass is 35.5. The second-order valence-electron chi connectivity index (χ2n) is 6.40. The van der Waals surface area contributed by atoms with Crippen LogP contribution in [0.5, 0.6) is 0 Å². The molecule has 1 aliphatic rings. The maximum Gasteiger partial charge on any atom is 0.243 e. The number of nitrogens with zero attached hydrogens (tertiary/aromatic N) is 2. The van der Waals surface area contributed by atoms with E-state index in [1.54, 1.807) is 37.3 Å². The predicted molar refractivity (Wildman–Crippen MR) is 104 cm³/mol. The third-order valence-corrected chi connectivity index (χ3v) is 6.93. The molecule has 0 aliphatic carbocycles. The van der Waals surface area contributed by atoms with Gasteiger partial charge in [-0.25, -0.2) is 8.42 Å². The van der Waals surface area contributed by atoms with Gasteiger partial charge in [0.1, 0.15) is 0 Å². The van der Waals surface area contributed by atoms with Gasteiger partial charge in [-0.3, -0.25) is 4.79 Å². The van der Waals surface area contributed by atoms with E-state index >= 15 is 0 Å². The van der Waals surface area contributed by atoms with Gasteiger partial charge in [0, 0.05) is 42.5 Å². The van der Waals surface area contributed by atoms with Crippen LogP contribution in [0.4, 0.5) is 5.69 Å². The zero-order valence-corrected chi connectivity index (χ0v) is 16.3. The van der Waals surface area contributed by atoms with Crippen LogP contribution in [0.3, 0.4) is 0 Å². The van der Waals surface area contributed by atoms with Crippen LogP contribution in [-0.4, -0.2) is 44.7 Å². The van der Waals surface area contributed by atoms with Crippen molar-refractivity contribution in [2.45, 2.75) is 18.7 Å². The molecule has 0 amide bonds. The summed E-state index contributed by atoms with van der Waals surface area (Å²) in [7, 11) is -3.53. The van der Waals surface area contributed by atoms with Gasteiger partial charge in [-0.2, -0.15) is 4.31 Å². The molecule has 5 nitrogen and oxygen atoms in total. The molecular formula is C19H21ClN2O3S. The lowest BCUT2D eigenvalue weighted by Crippen LogP contribution is -2.48. The van der Waals surface area contributed by atoms with E-state index in [1.807, 2.05) is 12.1 Å². The summed E-state index contributed by atoms with van der Waals surface area (Å²) in [5.74, 6) is 0.0331. The van der Waals surface area contributed by atoms with E-state index in [1.165, 1.54) is 11.2 Å². The van der Waals surface area contributed by atoms with Crippen LogP contribution >= 0.6 is 11.6 Å². The summed E-state index contributed by atoms with van der Waals surface area (Å²) in [6.07, 6.45) is 0. The number of hydrogen-bond acceptors (Lipinski definition) is 4. The summed E-state index contributed by atoms with van der Waals surface area (Å²) in [5, 5.41) is 0.528. The normalized spacial score (nSPS) is 15.9. The number of benzene rings is 2. The molecule has 1 fully saturated rings. The molecule has 138 valence electrons. The minimum atomic E-state index is -3.53. The van der Waals surface area contributed by atoms with Crippen LogP contribution in [0.25, 0.3) is 0 Å². The van der Waals surface area contributed by atoms with E-state index in [4.69, 9.17) is 11.6 Å².